The van der Waals surface area contributed by atoms with Gasteiger partial charge in [0, 0.05) is 35.8 Å². The third kappa shape index (κ3) is 4.69. The third-order valence-corrected chi connectivity index (χ3v) is 4.36. The summed E-state index contributed by atoms with van der Waals surface area (Å²) >= 11 is 6.25. The minimum atomic E-state index is -0.918. The topological polar surface area (TPSA) is 117 Å². The number of halogens is 1. The number of fused-ring (bicyclic) bond motifs is 1. The average molecular weight is 419 g/mol. The van der Waals surface area contributed by atoms with Gasteiger partial charge in [0.05, 0.1) is 31.4 Å². The fourth-order valence-corrected chi connectivity index (χ4v) is 2.96. The van der Waals surface area contributed by atoms with E-state index in [-0.39, 0.29) is 18.9 Å². The maximum absolute atomic E-state index is 11.9. The number of methoxy groups -OCH3 is 2. The van der Waals surface area contributed by atoms with Crippen LogP contribution >= 0.6 is 11.6 Å². The smallest absolute Gasteiger partial charge is 0.404 e. The summed E-state index contributed by atoms with van der Waals surface area (Å²) in [6.07, 6.45) is 2.66. The van der Waals surface area contributed by atoms with Crippen molar-refractivity contribution >= 4 is 34.9 Å². The van der Waals surface area contributed by atoms with E-state index in [2.05, 4.69) is 15.0 Å². The van der Waals surface area contributed by atoms with Gasteiger partial charge in [-0.3, -0.25) is 4.79 Å². The normalized spacial score (nSPS) is 10.6. The molecular formula is C19H19ClN4O5. The lowest BCUT2D eigenvalue weighted by molar-refractivity contribution is -0.116. The Morgan fingerprint density at radius 2 is 1.97 bits per heavy atom. The molecule has 0 unspecified atom stereocenters. The molecule has 0 radical (unpaired) electrons. The molecule has 3 N–H and O–H groups in total. The zero-order chi connectivity index (χ0) is 21.0. The van der Waals surface area contributed by atoms with Crippen LogP contribution in [0, 0.1) is 0 Å². The fraction of sp³-hybridized carbons (Fsp3) is 0.211. The number of primary amides is 1. The molecule has 152 valence electrons. The number of amides is 2. The van der Waals surface area contributed by atoms with Gasteiger partial charge in [0.25, 0.3) is 0 Å². The van der Waals surface area contributed by atoms with Crippen LogP contribution in [0.4, 0.5) is 10.5 Å². The van der Waals surface area contributed by atoms with Gasteiger partial charge < -0.3 is 29.7 Å². The first-order valence-electron chi connectivity index (χ1n) is 8.54. The SMILES string of the molecule is COc1cc(OC)c(-c2cn3ccc(NC(=O)CCOC(N)=O)cc3n2)cc1Cl. The van der Waals surface area contributed by atoms with Gasteiger partial charge in [-0.15, -0.1) is 0 Å². The van der Waals surface area contributed by atoms with Gasteiger partial charge in [-0.25, -0.2) is 9.78 Å². The van der Waals surface area contributed by atoms with E-state index >= 15 is 0 Å². The second-order valence-electron chi connectivity index (χ2n) is 5.96. The molecule has 0 saturated heterocycles. The largest absolute Gasteiger partial charge is 0.496 e. The highest BCUT2D eigenvalue weighted by molar-refractivity contribution is 6.32. The number of hydrogen-bond donors (Lipinski definition) is 2. The predicted molar refractivity (Wildman–Crippen MR) is 108 cm³/mol. The number of pyridine rings is 1. The number of carbonyl (C=O) groups is 2. The molecule has 3 aromatic rings. The van der Waals surface area contributed by atoms with Crippen molar-refractivity contribution in [2.75, 3.05) is 26.1 Å². The van der Waals surface area contributed by atoms with Crippen LogP contribution in [0.5, 0.6) is 11.5 Å². The summed E-state index contributed by atoms with van der Waals surface area (Å²) in [5, 5.41) is 3.15. The van der Waals surface area contributed by atoms with E-state index in [1.165, 1.54) is 7.11 Å². The van der Waals surface area contributed by atoms with Gasteiger partial charge in [-0.05, 0) is 12.1 Å². The molecule has 29 heavy (non-hydrogen) atoms. The highest BCUT2D eigenvalue weighted by Gasteiger charge is 2.15. The zero-order valence-corrected chi connectivity index (χ0v) is 16.5. The first-order chi connectivity index (χ1) is 13.9. The number of imidazole rings is 1. The van der Waals surface area contributed by atoms with Gasteiger partial charge in [0.2, 0.25) is 5.91 Å². The van der Waals surface area contributed by atoms with Crippen molar-refractivity contribution < 1.29 is 23.8 Å². The zero-order valence-electron chi connectivity index (χ0n) is 15.8. The molecule has 9 nitrogen and oxygen atoms in total. The van der Waals surface area contributed by atoms with Crippen LogP contribution in [-0.2, 0) is 9.53 Å². The lowest BCUT2D eigenvalue weighted by atomic mass is 10.1. The summed E-state index contributed by atoms with van der Waals surface area (Å²) < 4.78 is 17.0. The number of nitrogens with two attached hydrogens (primary N) is 1. The van der Waals surface area contributed by atoms with Crippen LogP contribution in [0.1, 0.15) is 6.42 Å². The minimum Gasteiger partial charge on any atom is -0.496 e. The van der Waals surface area contributed by atoms with Crippen molar-refractivity contribution in [2.45, 2.75) is 6.42 Å². The van der Waals surface area contributed by atoms with Crippen LogP contribution in [0.25, 0.3) is 16.9 Å². The molecule has 0 aliphatic rings. The lowest BCUT2D eigenvalue weighted by Crippen LogP contribution is -2.18. The van der Waals surface area contributed by atoms with Crippen molar-refractivity contribution in [3.05, 3.63) is 41.7 Å². The Morgan fingerprint density at radius 1 is 1.21 bits per heavy atom. The van der Waals surface area contributed by atoms with E-state index in [0.717, 1.165) is 0 Å². The number of anilines is 1. The maximum atomic E-state index is 11.9. The Kier molecular flexibility index (Phi) is 6.08. The number of nitrogens with zero attached hydrogens (tertiary/aromatic N) is 2. The fourth-order valence-electron chi connectivity index (χ4n) is 2.72. The minimum absolute atomic E-state index is 0.00461. The monoisotopic (exact) mass is 418 g/mol. The van der Waals surface area contributed by atoms with Gasteiger partial charge in [0.15, 0.2) is 0 Å². The molecule has 2 heterocycles. The molecule has 0 aliphatic carbocycles. The molecule has 3 rings (SSSR count). The van der Waals surface area contributed by atoms with E-state index < -0.39 is 6.09 Å². The van der Waals surface area contributed by atoms with Crippen molar-refractivity contribution in [2.24, 2.45) is 5.73 Å². The highest BCUT2D eigenvalue weighted by atomic mass is 35.5. The summed E-state index contributed by atoms with van der Waals surface area (Å²) in [7, 11) is 3.08. The van der Waals surface area contributed by atoms with E-state index in [1.54, 1.807) is 42.0 Å². The molecule has 1 aromatic carbocycles. The van der Waals surface area contributed by atoms with Gasteiger partial charge in [-0.2, -0.15) is 0 Å². The van der Waals surface area contributed by atoms with E-state index in [0.29, 0.717) is 39.1 Å². The molecule has 2 amide bonds. The first kappa shape index (κ1) is 20.3. The van der Waals surface area contributed by atoms with E-state index in [1.807, 2.05) is 6.20 Å². The van der Waals surface area contributed by atoms with Crippen LogP contribution in [-0.4, -0.2) is 42.2 Å². The lowest BCUT2D eigenvalue weighted by Gasteiger charge is -2.10. The predicted octanol–water partition coefficient (Wildman–Crippen LogP) is 3.10. The molecule has 0 aliphatic heterocycles. The molecule has 0 spiro atoms. The van der Waals surface area contributed by atoms with Crippen LogP contribution in [0.2, 0.25) is 5.02 Å². The molecule has 10 heteroatoms. The Hall–Kier alpha value is -3.46. The Morgan fingerprint density at radius 3 is 2.66 bits per heavy atom. The van der Waals surface area contributed by atoms with Gasteiger partial charge in [0.1, 0.15) is 23.8 Å². The molecular weight excluding hydrogens is 400 g/mol. The number of nitrogens with one attached hydrogen (secondary N) is 1. The molecule has 0 bridgehead atoms. The molecule has 0 saturated carbocycles. The Labute approximate surface area is 171 Å². The quantitative estimate of drug-likeness (QED) is 0.608. The van der Waals surface area contributed by atoms with Gasteiger partial charge in [-0.1, -0.05) is 11.6 Å². The molecule has 0 atom stereocenters. The summed E-state index contributed by atoms with van der Waals surface area (Å²) in [6, 6.07) is 6.86. The second-order valence-corrected chi connectivity index (χ2v) is 6.37. The number of hydrogen-bond acceptors (Lipinski definition) is 6. The second kappa shape index (κ2) is 8.70. The van der Waals surface area contributed by atoms with Crippen LogP contribution in [0.15, 0.2) is 36.7 Å². The van der Waals surface area contributed by atoms with Crippen LogP contribution in [0.3, 0.4) is 0 Å². The van der Waals surface area contributed by atoms with Crippen molar-refractivity contribution in [3.63, 3.8) is 0 Å². The highest BCUT2D eigenvalue weighted by Crippen LogP contribution is 2.38. The average Bonchev–Trinajstić information content (AvgIpc) is 3.10. The Balaban J connectivity index is 1.84. The van der Waals surface area contributed by atoms with Gasteiger partial charge >= 0.3 is 6.09 Å². The van der Waals surface area contributed by atoms with Crippen molar-refractivity contribution in [1.82, 2.24) is 9.38 Å². The van der Waals surface area contributed by atoms with Crippen molar-refractivity contribution in [1.29, 1.82) is 0 Å². The summed E-state index contributed by atoms with van der Waals surface area (Å²) in [4.78, 5) is 27.1. The molecule has 2 aromatic heterocycles. The maximum Gasteiger partial charge on any atom is 0.404 e. The number of ether oxygens (including phenoxy) is 3. The summed E-state index contributed by atoms with van der Waals surface area (Å²) in [5.74, 6) is 0.755. The standard InChI is InChI=1S/C19H19ClN4O5/c1-27-15-9-16(28-2)13(20)8-12(15)14-10-24-5-3-11(7-17(24)23-14)22-18(25)4-6-29-19(21)26/h3,5,7-10H,4,6H2,1-2H3,(H2,21,26)(H,22,25). The summed E-state index contributed by atoms with van der Waals surface area (Å²) in [6.45, 7) is -0.0883. The number of benzene rings is 1. The summed E-state index contributed by atoms with van der Waals surface area (Å²) in [5.41, 5.74) is 7.38. The number of aromatic nitrogens is 2. The van der Waals surface area contributed by atoms with E-state index in [4.69, 9.17) is 26.8 Å². The molecule has 0 fully saturated rings. The van der Waals surface area contributed by atoms with Crippen LogP contribution < -0.4 is 20.5 Å². The third-order valence-electron chi connectivity index (χ3n) is 4.07. The number of carbonyl (C=O) groups excluding carboxylic acids is 2. The number of rotatable bonds is 7. The first-order valence-corrected chi connectivity index (χ1v) is 8.91. The Bertz CT molecular complexity index is 1070. The van der Waals surface area contributed by atoms with Crippen molar-refractivity contribution in [3.8, 4) is 22.8 Å². The van der Waals surface area contributed by atoms with E-state index in [9.17, 15) is 9.59 Å².